The van der Waals surface area contributed by atoms with E-state index in [0.717, 1.165) is 4.31 Å². The number of ether oxygens (including phenoxy) is 1. The van der Waals surface area contributed by atoms with Crippen molar-refractivity contribution >= 4 is 54.8 Å². The summed E-state index contributed by atoms with van der Waals surface area (Å²) in [5.74, 6) is 0.0642. The highest BCUT2D eigenvalue weighted by molar-refractivity contribution is 9.10. The molecular weight excluding hydrogens is 504 g/mol. The van der Waals surface area contributed by atoms with Crippen molar-refractivity contribution in [3.63, 3.8) is 0 Å². The molecule has 3 rings (SSSR count). The maximum Gasteiger partial charge on any atom is 0.264 e. The van der Waals surface area contributed by atoms with Crippen molar-refractivity contribution in [2.45, 2.75) is 11.8 Å². The number of sulfonamides is 1. The lowest BCUT2D eigenvalue weighted by Gasteiger charge is -2.24. The number of hydrogen-bond acceptors (Lipinski definition) is 4. The smallest absolute Gasteiger partial charge is 0.264 e. The standard InChI is InChI=1S/C22H20BrClN2O4S/c1-2-30-18-9-11-19(12-10-18)31(28,29)26(17-6-4-3-5-7-17)15-22(27)25-16-8-13-20(23)21(24)14-16/h3-14H,2,15H2,1H3,(H,25,27). The van der Waals surface area contributed by atoms with Crippen molar-refractivity contribution in [3.8, 4) is 5.75 Å². The third kappa shape index (κ3) is 5.78. The van der Waals surface area contributed by atoms with E-state index in [4.69, 9.17) is 16.3 Å². The number of benzene rings is 3. The molecule has 0 aromatic heterocycles. The van der Waals surface area contributed by atoms with E-state index in [1.807, 2.05) is 6.92 Å². The summed E-state index contributed by atoms with van der Waals surface area (Å²) in [6, 6.07) is 19.5. The van der Waals surface area contributed by atoms with Gasteiger partial charge in [0.2, 0.25) is 5.91 Å². The predicted molar refractivity (Wildman–Crippen MR) is 126 cm³/mol. The highest BCUT2D eigenvalue weighted by Gasteiger charge is 2.27. The second kappa shape index (κ2) is 10.2. The Balaban J connectivity index is 1.89. The minimum Gasteiger partial charge on any atom is -0.494 e. The lowest BCUT2D eigenvalue weighted by molar-refractivity contribution is -0.114. The quantitative estimate of drug-likeness (QED) is 0.433. The van der Waals surface area contributed by atoms with E-state index in [2.05, 4.69) is 21.2 Å². The van der Waals surface area contributed by atoms with Crippen LogP contribution in [0.25, 0.3) is 0 Å². The number of carbonyl (C=O) groups is 1. The van der Waals surface area contributed by atoms with Crippen LogP contribution in [-0.4, -0.2) is 27.5 Å². The fourth-order valence-corrected chi connectivity index (χ4v) is 4.66. The van der Waals surface area contributed by atoms with Gasteiger partial charge in [-0.2, -0.15) is 0 Å². The molecule has 9 heteroatoms. The Labute approximate surface area is 195 Å². The SMILES string of the molecule is CCOc1ccc(S(=O)(=O)N(CC(=O)Nc2ccc(Br)c(Cl)c2)c2ccccc2)cc1. The van der Waals surface area contributed by atoms with E-state index in [-0.39, 0.29) is 4.90 Å². The fraction of sp³-hybridized carbons (Fsp3) is 0.136. The largest absolute Gasteiger partial charge is 0.494 e. The molecule has 0 heterocycles. The summed E-state index contributed by atoms with van der Waals surface area (Å²) in [6.07, 6.45) is 0. The Hall–Kier alpha value is -2.55. The third-order valence-corrected chi connectivity index (χ3v) is 7.28. The summed E-state index contributed by atoms with van der Waals surface area (Å²) in [5.41, 5.74) is 0.838. The molecule has 0 aliphatic carbocycles. The molecule has 1 N–H and O–H groups in total. The Morgan fingerprint density at radius 3 is 2.35 bits per heavy atom. The molecule has 1 amide bonds. The minimum atomic E-state index is -4.00. The van der Waals surface area contributed by atoms with E-state index >= 15 is 0 Å². The Kier molecular flexibility index (Phi) is 7.59. The number of amides is 1. The molecule has 31 heavy (non-hydrogen) atoms. The van der Waals surface area contributed by atoms with Gasteiger partial charge in [0, 0.05) is 10.2 Å². The first-order valence-electron chi connectivity index (χ1n) is 9.37. The summed E-state index contributed by atoms with van der Waals surface area (Å²) >= 11 is 9.36. The summed E-state index contributed by atoms with van der Waals surface area (Å²) < 4.78 is 33.9. The van der Waals surface area contributed by atoms with Gasteiger partial charge in [-0.1, -0.05) is 29.8 Å². The summed E-state index contributed by atoms with van der Waals surface area (Å²) in [7, 11) is -4.00. The number of nitrogens with one attached hydrogen (secondary N) is 1. The maximum absolute atomic E-state index is 13.4. The molecule has 3 aromatic rings. The summed E-state index contributed by atoms with van der Waals surface area (Å²) in [4.78, 5) is 12.8. The number of anilines is 2. The van der Waals surface area contributed by atoms with E-state index in [9.17, 15) is 13.2 Å². The molecular formula is C22H20BrClN2O4S. The molecule has 0 spiro atoms. The second-order valence-electron chi connectivity index (χ2n) is 6.43. The number of carbonyl (C=O) groups excluding carboxylic acids is 1. The average Bonchev–Trinajstić information content (AvgIpc) is 2.76. The first-order chi connectivity index (χ1) is 14.8. The zero-order valence-electron chi connectivity index (χ0n) is 16.6. The van der Waals surface area contributed by atoms with Gasteiger partial charge in [-0.25, -0.2) is 8.42 Å². The van der Waals surface area contributed by atoms with Gasteiger partial charge in [-0.05, 0) is 77.5 Å². The zero-order valence-corrected chi connectivity index (χ0v) is 19.7. The lowest BCUT2D eigenvalue weighted by atomic mass is 10.3. The van der Waals surface area contributed by atoms with Gasteiger partial charge >= 0.3 is 0 Å². The molecule has 0 aliphatic rings. The monoisotopic (exact) mass is 522 g/mol. The molecule has 0 unspecified atom stereocenters. The third-order valence-electron chi connectivity index (χ3n) is 4.26. The van der Waals surface area contributed by atoms with Crippen molar-refractivity contribution in [2.24, 2.45) is 0 Å². The molecule has 0 saturated heterocycles. The van der Waals surface area contributed by atoms with Crippen LogP contribution in [0, 0.1) is 0 Å². The van der Waals surface area contributed by atoms with Gasteiger partial charge in [0.25, 0.3) is 10.0 Å². The van der Waals surface area contributed by atoms with Gasteiger partial charge in [-0.3, -0.25) is 9.10 Å². The molecule has 0 saturated carbocycles. The van der Waals surface area contributed by atoms with Crippen molar-refractivity contribution in [1.82, 2.24) is 0 Å². The minimum absolute atomic E-state index is 0.0549. The number of halogens is 2. The molecule has 0 bridgehead atoms. The number of hydrogen-bond donors (Lipinski definition) is 1. The average molecular weight is 524 g/mol. The first kappa shape index (κ1) is 23.1. The topological polar surface area (TPSA) is 75.7 Å². The van der Waals surface area contributed by atoms with Crippen molar-refractivity contribution in [3.05, 3.63) is 82.3 Å². The van der Waals surface area contributed by atoms with E-state index in [1.54, 1.807) is 60.7 Å². The van der Waals surface area contributed by atoms with Crippen LogP contribution in [0.3, 0.4) is 0 Å². The van der Waals surface area contributed by atoms with Crippen LogP contribution in [-0.2, 0) is 14.8 Å². The Morgan fingerprint density at radius 1 is 1.06 bits per heavy atom. The first-order valence-corrected chi connectivity index (χ1v) is 12.0. The van der Waals surface area contributed by atoms with E-state index in [0.29, 0.717) is 33.2 Å². The van der Waals surface area contributed by atoms with Crippen LogP contribution >= 0.6 is 27.5 Å². The molecule has 162 valence electrons. The van der Waals surface area contributed by atoms with Crippen LogP contribution in [0.2, 0.25) is 5.02 Å². The van der Waals surface area contributed by atoms with Crippen LogP contribution in [0.4, 0.5) is 11.4 Å². The van der Waals surface area contributed by atoms with Crippen molar-refractivity contribution < 1.29 is 17.9 Å². The summed E-state index contributed by atoms with van der Waals surface area (Å²) in [5, 5.41) is 3.12. The van der Waals surface area contributed by atoms with Crippen LogP contribution in [0.15, 0.2) is 82.2 Å². The van der Waals surface area contributed by atoms with Crippen LogP contribution < -0.4 is 14.4 Å². The van der Waals surface area contributed by atoms with Gasteiger partial charge in [0.1, 0.15) is 12.3 Å². The fourth-order valence-electron chi connectivity index (χ4n) is 2.82. The van der Waals surface area contributed by atoms with Gasteiger partial charge in [0.15, 0.2) is 0 Å². The highest BCUT2D eigenvalue weighted by Crippen LogP contribution is 2.27. The maximum atomic E-state index is 13.4. The predicted octanol–water partition coefficient (Wildman–Crippen LogP) is 5.34. The molecule has 3 aromatic carbocycles. The van der Waals surface area contributed by atoms with Crippen molar-refractivity contribution in [1.29, 1.82) is 0 Å². The normalized spacial score (nSPS) is 11.1. The van der Waals surface area contributed by atoms with Crippen molar-refractivity contribution in [2.75, 3.05) is 22.8 Å². The van der Waals surface area contributed by atoms with Crippen LogP contribution in [0.1, 0.15) is 6.92 Å². The number of rotatable bonds is 8. The second-order valence-corrected chi connectivity index (χ2v) is 9.55. The lowest BCUT2D eigenvalue weighted by Crippen LogP contribution is -2.38. The summed E-state index contributed by atoms with van der Waals surface area (Å²) in [6.45, 7) is 1.91. The van der Waals surface area contributed by atoms with Crippen LogP contribution in [0.5, 0.6) is 5.75 Å². The Bertz CT molecular complexity index is 1160. The van der Waals surface area contributed by atoms with Gasteiger partial charge < -0.3 is 10.1 Å². The Morgan fingerprint density at radius 2 is 1.74 bits per heavy atom. The molecule has 0 radical (unpaired) electrons. The molecule has 0 atom stereocenters. The highest BCUT2D eigenvalue weighted by atomic mass is 79.9. The molecule has 0 aliphatic heterocycles. The molecule has 6 nitrogen and oxygen atoms in total. The van der Waals surface area contributed by atoms with Gasteiger partial charge in [-0.15, -0.1) is 0 Å². The van der Waals surface area contributed by atoms with Gasteiger partial charge in [0.05, 0.1) is 22.2 Å². The molecule has 0 fully saturated rings. The number of para-hydroxylation sites is 1. The number of nitrogens with zero attached hydrogens (tertiary/aromatic N) is 1. The van der Waals surface area contributed by atoms with E-state index < -0.39 is 22.5 Å². The van der Waals surface area contributed by atoms with E-state index in [1.165, 1.54) is 12.1 Å². The zero-order chi connectivity index (χ0) is 22.4.